The summed E-state index contributed by atoms with van der Waals surface area (Å²) in [6, 6.07) is 0. The minimum atomic E-state index is -0.803. The van der Waals surface area contributed by atoms with Gasteiger partial charge < -0.3 is 0 Å². The highest BCUT2D eigenvalue weighted by atomic mass is 80.0. The summed E-state index contributed by atoms with van der Waals surface area (Å²) in [6.45, 7) is 0. The van der Waals surface area contributed by atoms with E-state index in [0.29, 0.717) is 0 Å². The second-order valence-corrected chi connectivity index (χ2v) is 19.3. The number of carbonyl (C=O) groups is 2. The van der Waals surface area contributed by atoms with Gasteiger partial charge in [-0.05, 0) is 12.8 Å². The minimum absolute atomic E-state index is 0.0157. The first kappa shape index (κ1) is 22.9. The van der Waals surface area contributed by atoms with E-state index in [0.717, 1.165) is 37.2 Å². The third-order valence-corrected chi connectivity index (χ3v) is 7.83. The van der Waals surface area contributed by atoms with E-state index in [2.05, 4.69) is 95.6 Å². The smallest absolute Gasteiger partial charge is 0.227 e. The molecule has 0 spiro atoms. The van der Waals surface area contributed by atoms with Crippen molar-refractivity contribution >= 4 is 129 Å². The highest BCUT2D eigenvalue weighted by Gasteiger charge is 2.29. The summed E-state index contributed by atoms with van der Waals surface area (Å²) in [5, 5.41) is 0.0314. The molecule has 0 atom stereocenters. The van der Waals surface area contributed by atoms with Gasteiger partial charge in [-0.25, -0.2) is 0 Å². The van der Waals surface area contributed by atoms with Gasteiger partial charge in [-0.3, -0.25) is 9.59 Å². The Morgan fingerprint density at radius 3 is 1.20 bits per heavy atom. The first-order valence-corrected chi connectivity index (χ1v) is 12.3. The Bertz CT molecular complexity index is 295. The molecule has 118 valence electrons. The summed E-state index contributed by atoms with van der Waals surface area (Å²) in [7, 11) is 0. The third-order valence-electron chi connectivity index (χ3n) is 1.97. The van der Waals surface area contributed by atoms with Crippen LogP contribution in [0.1, 0.15) is 25.7 Å². The topological polar surface area (TPSA) is 34.1 Å². The first-order valence-electron chi connectivity index (χ1n) is 5.53. The lowest BCUT2D eigenvalue weighted by Gasteiger charge is -2.10. The van der Waals surface area contributed by atoms with Gasteiger partial charge in [-0.1, -0.05) is 132 Å². The van der Waals surface area contributed by atoms with Gasteiger partial charge in [0.05, 0.1) is 0 Å². The van der Waals surface area contributed by atoms with E-state index in [9.17, 15) is 9.59 Å². The zero-order chi connectivity index (χ0) is 15.8. The van der Waals surface area contributed by atoms with E-state index >= 15 is 0 Å². The van der Waals surface area contributed by atoms with Gasteiger partial charge in [0, 0.05) is 11.5 Å². The Kier molecular flexibility index (Phi) is 13.1. The van der Waals surface area contributed by atoms with Crippen LogP contribution in [0, 0.1) is 0 Å². The van der Waals surface area contributed by atoms with Crippen molar-refractivity contribution in [3.63, 3.8) is 0 Å². The average Bonchev–Trinajstić information content (AvgIpc) is 2.29. The Morgan fingerprint density at radius 2 is 0.950 bits per heavy atom. The molecule has 2 nitrogen and oxygen atoms in total. The molecule has 0 aliphatic rings. The molecule has 0 aliphatic heterocycles. The van der Waals surface area contributed by atoms with Crippen molar-refractivity contribution in [3.8, 4) is 0 Å². The van der Waals surface area contributed by atoms with Crippen molar-refractivity contribution in [1.29, 1.82) is 0 Å². The molecule has 0 aromatic carbocycles. The average molecular weight is 708 g/mol. The van der Waals surface area contributed by atoms with E-state index in [1.54, 1.807) is 0 Å². The predicted octanol–water partition coefficient (Wildman–Crippen LogP) is 6.74. The molecule has 20 heavy (non-hydrogen) atoms. The SMILES string of the molecule is O=C(SCCCCCCSC(=O)C(Br)(Br)Br)C(Br)(Br)Br. The molecular weight excluding hydrogens is 696 g/mol. The molecule has 10 heteroatoms. The zero-order valence-electron chi connectivity index (χ0n) is 10.1. The molecular formula is C10H12Br6O2S2. The molecule has 0 bridgehead atoms. The van der Waals surface area contributed by atoms with Crippen LogP contribution in [-0.4, -0.2) is 26.0 Å². The normalized spacial score (nSPS) is 12.5. The van der Waals surface area contributed by atoms with Crippen LogP contribution < -0.4 is 0 Å². The third kappa shape index (κ3) is 12.4. The van der Waals surface area contributed by atoms with Crippen LogP contribution in [0.2, 0.25) is 0 Å². The summed E-state index contributed by atoms with van der Waals surface area (Å²) in [5.41, 5.74) is 0. The Balaban J connectivity index is 3.47. The molecule has 0 rings (SSSR count). The summed E-state index contributed by atoms with van der Waals surface area (Å²) in [6.07, 6.45) is 4.13. The summed E-state index contributed by atoms with van der Waals surface area (Å²) < 4.78 is -1.61. The van der Waals surface area contributed by atoms with E-state index in [-0.39, 0.29) is 10.2 Å². The van der Waals surface area contributed by atoms with Crippen molar-refractivity contribution in [2.24, 2.45) is 0 Å². The molecule has 0 aromatic rings. The number of hydrogen-bond donors (Lipinski definition) is 0. The van der Waals surface area contributed by atoms with Gasteiger partial charge in [0.1, 0.15) is 0 Å². The summed E-state index contributed by atoms with van der Waals surface area (Å²) in [5.74, 6) is 1.62. The first-order chi connectivity index (χ1) is 9.05. The standard InChI is InChI=1S/C10H12Br6O2S2/c11-9(12,13)7(17)19-5-3-1-2-4-6-20-8(18)10(14,15)16/h1-6H2. The number of hydrogen-bond acceptors (Lipinski definition) is 4. The molecule has 0 radical (unpaired) electrons. The van der Waals surface area contributed by atoms with Crippen molar-refractivity contribution in [2.75, 3.05) is 11.5 Å². The molecule has 0 saturated carbocycles. The largest absolute Gasteiger partial charge is 0.284 e. The van der Waals surface area contributed by atoms with E-state index in [1.165, 1.54) is 23.5 Å². The fourth-order valence-electron chi connectivity index (χ4n) is 1.05. The van der Waals surface area contributed by atoms with Crippen LogP contribution in [0.15, 0.2) is 0 Å². The highest BCUT2D eigenvalue weighted by Crippen LogP contribution is 2.39. The van der Waals surface area contributed by atoms with Crippen LogP contribution in [0.4, 0.5) is 0 Å². The van der Waals surface area contributed by atoms with Crippen LogP contribution in [0.3, 0.4) is 0 Å². The minimum Gasteiger partial charge on any atom is -0.284 e. The number of alkyl halides is 6. The molecule has 0 unspecified atom stereocenters. The molecule has 0 aliphatic carbocycles. The molecule has 0 fully saturated rings. The summed E-state index contributed by atoms with van der Waals surface area (Å²) >= 11 is 21.8. The second kappa shape index (κ2) is 11.5. The molecule has 0 amide bonds. The van der Waals surface area contributed by atoms with Gasteiger partial charge >= 0.3 is 0 Å². The Hall–Kier alpha value is 2.92. The fourth-order valence-corrected chi connectivity index (χ4v) is 4.51. The lowest BCUT2D eigenvalue weighted by atomic mass is 10.2. The molecule has 0 N–H and O–H groups in total. The Morgan fingerprint density at radius 1 is 0.650 bits per heavy atom. The maximum atomic E-state index is 11.5. The highest BCUT2D eigenvalue weighted by molar-refractivity contribution is 9.40. The number of unbranched alkanes of at least 4 members (excludes halogenated alkanes) is 3. The van der Waals surface area contributed by atoms with Gasteiger partial charge in [-0.15, -0.1) is 0 Å². The van der Waals surface area contributed by atoms with Gasteiger partial charge in [0.15, 0.2) is 0 Å². The van der Waals surface area contributed by atoms with E-state index in [4.69, 9.17) is 0 Å². The number of thioether (sulfide) groups is 2. The monoisotopic (exact) mass is 702 g/mol. The maximum absolute atomic E-state index is 11.5. The van der Waals surface area contributed by atoms with Crippen molar-refractivity contribution < 1.29 is 9.59 Å². The van der Waals surface area contributed by atoms with Crippen molar-refractivity contribution in [2.45, 2.75) is 30.0 Å². The number of carbonyl (C=O) groups excluding carboxylic acids is 2. The van der Waals surface area contributed by atoms with E-state index < -0.39 is 4.29 Å². The van der Waals surface area contributed by atoms with Crippen molar-refractivity contribution in [1.82, 2.24) is 0 Å². The quantitative estimate of drug-likeness (QED) is 0.217. The molecule has 0 aromatic heterocycles. The fraction of sp³-hybridized carbons (Fsp3) is 0.800. The molecule has 0 heterocycles. The number of rotatable bonds is 7. The Labute approximate surface area is 178 Å². The van der Waals surface area contributed by atoms with Crippen LogP contribution in [-0.2, 0) is 9.59 Å². The van der Waals surface area contributed by atoms with Crippen LogP contribution in [0.25, 0.3) is 0 Å². The van der Waals surface area contributed by atoms with Crippen LogP contribution >= 0.6 is 119 Å². The maximum Gasteiger partial charge on any atom is 0.227 e. The van der Waals surface area contributed by atoms with Gasteiger partial charge in [0.25, 0.3) is 0 Å². The summed E-state index contributed by atoms with van der Waals surface area (Å²) in [4.78, 5) is 23.1. The van der Waals surface area contributed by atoms with Gasteiger partial charge in [-0.2, -0.15) is 0 Å². The van der Waals surface area contributed by atoms with Crippen molar-refractivity contribution in [3.05, 3.63) is 0 Å². The predicted molar refractivity (Wildman–Crippen MR) is 112 cm³/mol. The molecule has 0 saturated heterocycles. The lowest BCUT2D eigenvalue weighted by molar-refractivity contribution is -0.110. The lowest BCUT2D eigenvalue weighted by Crippen LogP contribution is -2.13. The zero-order valence-corrected chi connectivity index (χ0v) is 21.3. The number of halogens is 6. The van der Waals surface area contributed by atoms with Gasteiger partial charge in [0.2, 0.25) is 14.5 Å². The van der Waals surface area contributed by atoms with Crippen LogP contribution in [0.5, 0.6) is 0 Å². The second-order valence-electron chi connectivity index (χ2n) is 3.68. The van der Waals surface area contributed by atoms with E-state index in [1.807, 2.05) is 0 Å².